The first-order chi connectivity index (χ1) is 8.29. The van der Waals surface area contributed by atoms with E-state index in [-0.39, 0.29) is 5.75 Å². The lowest BCUT2D eigenvalue weighted by Crippen LogP contribution is -1.95. The van der Waals surface area contributed by atoms with Crippen molar-refractivity contribution in [3.8, 4) is 11.5 Å². The summed E-state index contributed by atoms with van der Waals surface area (Å²) < 4.78 is 5.50. The summed E-state index contributed by atoms with van der Waals surface area (Å²) in [6.45, 7) is 0.299. The summed E-state index contributed by atoms with van der Waals surface area (Å²) in [5.41, 5.74) is 1.34. The van der Waals surface area contributed by atoms with Gasteiger partial charge in [0.05, 0.1) is 0 Å². The highest BCUT2D eigenvalue weighted by Gasteiger charge is 2.00. The summed E-state index contributed by atoms with van der Waals surface area (Å²) in [6.07, 6.45) is 0.785. The first-order valence-corrected chi connectivity index (χ1v) is 5.24. The number of aromatic hydroxyl groups is 1. The molecule has 0 amide bonds. The summed E-state index contributed by atoms with van der Waals surface area (Å²) in [6, 6.07) is 13.8. The molecule has 0 aliphatic carbocycles. The molecule has 86 valence electrons. The lowest BCUT2D eigenvalue weighted by atomic mass is 10.2. The molecule has 0 aromatic heterocycles. The fraction of sp³-hybridized carbons (Fsp3) is 0.0714. The van der Waals surface area contributed by atoms with E-state index in [4.69, 9.17) is 4.74 Å². The second-order valence-corrected chi connectivity index (χ2v) is 3.60. The van der Waals surface area contributed by atoms with Gasteiger partial charge in [0.15, 0.2) is 0 Å². The molecule has 0 atom stereocenters. The number of hydrogen-bond acceptors (Lipinski definition) is 3. The Morgan fingerprint density at radius 2 is 1.76 bits per heavy atom. The number of ether oxygens (including phenoxy) is 1. The van der Waals surface area contributed by atoms with Crippen molar-refractivity contribution in [3.05, 3.63) is 59.7 Å². The van der Waals surface area contributed by atoms with Gasteiger partial charge in [0.1, 0.15) is 24.4 Å². The number of carbonyl (C=O) groups is 1. The van der Waals surface area contributed by atoms with Gasteiger partial charge in [-0.15, -0.1) is 0 Å². The summed E-state index contributed by atoms with van der Waals surface area (Å²) in [4.78, 5) is 10.5. The third-order valence-electron chi connectivity index (χ3n) is 2.40. The van der Waals surface area contributed by atoms with Crippen molar-refractivity contribution >= 4 is 6.29 Å². The van der Waals surface area contributed by atoms with Gasteiger partial charge in [-0.3, -0.25) is 4.79 Å². The molecule has 0 aliphatic heterocycles. The van der Waals surface area contributed by atoms with E-state index in [1.807, 2.05) is 6.07 Å². The molecule has 2 aromatic rings. The minimum Gasteiger partial charge on any atom is -0.508 e. The fourth-order valence-corrected chi connectivity index (χ4v) is 1.44. The van der Waals surface area contributed by atoms with E-state index in [1.165, 1.54) is 0 Å². The van der Waals surface area contributed by atoms with E-state index >= 15 is 0 Å². The Morgan fingerprint density at radius 3 is 2.41 bits per heavy atom. The van der Waals surface area contributed by atoms with Crippen LogP contribution in [0, 0.1) is 0 Å². The van der Waals surface area contributed by atoms with Crippen LogP contribution in [0.15, 0.2) is 48.5 Å². The Balaban J connectivity index is 2.02. The van der Waals surface area contributed by atoms with Crippen LogP contribution in [-0.4, -0.2) is 11.4 Å². The molecule has 0 spiro atoms. The SMILES string of the molecule is O=Cc1ccc(OCc2ccccc2O)cc1. The lowest BCUT2D eigenvalue weighted by molar-refractivity contribution is 0.112. The van der Waals surface area contributed by atoms with Crippen LogP contribution in [-0.2, 0) is 6.61 Å². The predicted molar refractivity (Wildman–Crippen MR) is 64.3 cm³/mol. The van der Waals surface area contributed by atoms with Crippen molar-refractivity contribution in [2.75, 3.05) is 0 Å². The van der Waals surface area contributed by atoms with Crippen LogP contribution in [0.2, 0.25) is 0 Å². The number of para-hydroxylation sites is 1. The van der Waals surface area contributed by atoms with Gasteiger partial charge in [0.25, 0.3) is 0 Å². The highest BCUT2D eigenvalue weighted by atomic mass is 16.5. The zero-order valence-electron chi connectivity index (χ0n) is 9.17. The Morgan fingerprint density at radius 1 is 1.06 bits per heavy atom. The molecule has 0 saturated carbocycles. The van der Waals surface area contributed by atoms with Crippen LogP contribution in [0.5, 0.6) is 11.5 Å². The average molecular weight is 228 g/mol. The van der Waals surface area contributed by atoms with Crippen molar-refractivity contribution in [2.45, 2.75) is 6.61 Å². The van der Waals surface area contributed by atoms with Crippen LogP contribution in [0.3, 0.4) is 0 Å². The molecule has 2 aromatic carbocycles. The number of phenols is 1. The second-order valence-electron chi connectivity index (χ2n) is 3.60. The van der Waals surface area contributed by atoms with E-state index in [2.05, 4.69) is 0 Å². The first kappa shape index (κ1) is 11.2. The van der Waals surface area contributed by atoms with Crippen LogP contribution < -0.4 is 4.74 Å². The minimum atomic E-state index is 0.219. The van der Waals surface area contributed by atoms with Crippen LogP contribution in [0.1, 0.15) is 15.9 Å². The molecular weight excluding hydrogens is 216 g/mol. The third kappa shape index (κ3) is 2.84. The molecule has 0 aliphatic rings. The quantitative estimate of drug-likeness (QED) is 0.818. The lowest BCUT2D eigenvalue weighted by Gasteiger charge is -2.07. The van der Waals surface area contributed by atoms with E-state index in [1.54, 1.807) is 42.5 Å². The molecule has 0 fully saturated rings. The highest BCUT2D eigenvalue weighted by Crippen LogP contribution is 2.19. The van der Waals surface area contributed by atoms with Crippen LogP contribution >= 0.6 is 0 Å². The van der Waals surface area contributed by atoms with Crippen molar-refractivity contribution in [3.63, 3.8) is 0 Å². The molecule has 17 heavy (non-hydrogen) atoms. The standard InChI is InChI=1S/C14H12O3/c15-9-11-5-7-13(8-6-11)17-10-12-3-1-2-4-14(12)16/h1-9,16H,10H2. The maximum absolute atomic E-state index is 10.5. The topological polar surface area (TPSA) is 46.5 Å². The number of aldehydes is 1. The first-order valence-electron chi connectivity index (χ1n) is 5.24. The van der Waals surface area contributed by atoms with Crippen molar-refractivity contribution in [1.29, 1.82) is 0 Å². The maximum atomic E-state index is 10.5. The van der Waals surface area contributed by atoms with Gasteiger partial charge >= 0.3 is 0 Å². The van der Waals surface area contributed by atoms with Gasteiger partial charge < -0.3 is 9.84 Å². The van der Waals surface area contributed by atoms with E-state index in [9.17, 15) is 9.90 Å². The smallest absolute Gasteiger partial charge is 0.150 e. The largest absolute Gasteiger partial charge is 0.508 e. The molecule has 1 N–H and O–H groups in total. The summed E-state index contributed by atoms with van der Waals surface area (Å²) >= 11 is 0. The molecular formula is C14H12O3. The number of phenolic OH excluding ortho intramolecular Hbond substituents is 1. The molecule has 0 bridgehead atoms. The van der Waals surface area contributed by atoms with Gasteiger partial charge in [-0.05, 0) is 30.3 Å². The van der Waals surface area contributed by atoms with E-state index < -0.39 is 0 Å². The molecule has 0 heterocycles. The summed E-state index contributed by atoms with van der Waals surface area (Å²) in [5, 5.41) is 9.54. The number of benzene rings is 2. The third-order valence-corrected chi connectivity index (χ3v) is 2.40. The Hall–Kier alpha value is -2.29. The molecule has 3 heteroatoms. The molecule has 0 saturated heterocycles. The zero-order chi connectivity index (χ0) is 12.1. The zero-order valence-corrected chi connectivity index (χ0v) is 9.17. The maximum Gasteiger partial charge on any atom is 0.150 e. The number of hydrogen-bond donors (Lipinski definition) is 1. The number of rotatable bonds is 4. The van der Waals surface area contributed by atoms with E-state index in [0.717, 1.165) is 11.8 Å². The average Bonchev–Trinajstić information content (AvgIpc) is 2.38. The van der Waals surface area contributed by atoms with Gasteiger partial charge in [0.2, 0.25) is 0 Å². The Labute approximate surface area is 99.3 Å². The Bertz CT molecular complexity index is 503. The Kier molecular flexibility index (Phi) is 3.40. The summed E-state index contributed by atoms with van der Waals surface area (Å²) in [7, 11) is 0. The summed E-state index contributed by atoms with van der Waals surface area (Å²) in [5.74, 6) is 0.885. The van der Waals surface area contributed by atoms with Crippen molar-refractivity contribution in [1.82, 2.24) is 0 Å². The van der Waals surface area contributed by atoms with Crippen molar-refractivity contribution in [2.24, 2.45) is 0 Å². The molecule has 2 rings (SSSR count). The highest BCUT2D eigenvalue weighted by molar-refractivity contribution is 5.74. The molecule has 0 unspecified atom stereocenters. The predicted octanol–water partition coefficient (Wildman–Crippen LogP) is 2.78. The monoisotopic (exact) mass is 228 g/mol. The normalized spacial score (nSPS) is 9.88. The van der Waals surface area contributed by atoms with Crippen LogP contribution in [0.4, 0.5) is 0 Å². The van der Waals surface area contributed by atoms with Gasteiger partial charge in [0, 0.05) is 11.1 Å². The number of carbonyl (C=O) groups excluding carboxylic acids is 1. The minimum absolute atomic E-state index is 0.219. The molecule has 0 radical (unpaired) electrons. The molecule has 3 nitrogen and oxygen atoms in total. The fourth-order valence-electron chi connectivity index (χ4n) is 1.44. The second kappa shape index (κ2) is 5.16. The van der Waals surface area contributed by atoms with E-state index in [0.29, 0.717) is 17.9 Å². The van der Waals surface area contributed by atoms with Crippen LogP contribution in [0.25, 0.3) is 0 Å². The van der Waals surface area contributed by atoms with Crippen molar-refractivity contribution < 1.29 is 14.6 Å². The van der Waals surface area contributed by atoms with Gasteiger partial charge in [-0.25, -0.2) is 0 Å². The van der Waals surface area contributed by atoms with Gasteiger partial charge in [-0.1, -0.05) is 18.2 Å². The van der Waals surface area contributed by atoms with Gasteiger partial charge in [-0.2, -0.15) is 0 Å².